The quantitative estimate of drug-likeness (QED) is 0.923. The third kappa shape index (κ3) is 3.35. The zero-order chi connectivity index (χ0) is 14.7. The summed E-state index contributed by atoms with van der Waals surface area (Å²) in [5.41, 5.74) is 0.987. The summed E-state index contributed by atoms with van der Waals surface area (Å²) in [5, 5.41) is 10.0. The molecule has 0 atom stereocenters. The van der Waals surface area contributed by atoms with Gasteiger partial charge in [0, 0.05) is 39.6 Å². The van der Waals surface area contributed by atoms with Gasteiger partial charge in [-0.3, -0.25) is 9.69 Å². The minimum absolute atomic E-state index is 0.0284. The molecule has 2 rings (SSSR count). The highest BCUT2D eigenvalue weighted by Gasteiger charge is 2.19. The van der Waals surface area contributed by atoms with Gasteiger partial charge in [0.1, 0.15) is 0 Å². The van der Waals surface area contributed by atoms with Gasteiger partial charge in [0.05, 0.1) is 12.1 Å². The third-order valence-corrected chi connectivity index (χ3v) is 3.82. The molecule has 1 N–H and O–H groups in total. The molecule has 1 aromatic carbocycles. The van der Waals surface area contributed by atoms with Crippen molar-refractivity contribution in [2.45, 2.75) is 13.5 Å². The number of benzene rings is 1. The molecule has 0 bridgehead atoms. The largest absolute Gasteiger partial charge is 0.503 e. The lowest BCUT2D eigenvalue weighted by Gasteiger charge is -2.34. The van der Waals surface area contributed by atoms with E-state index in [-0.39, 0.29) is 11.7 Å². The molecule has 0 aromatic heterocycles. The molecule has 0 radical (unpaired) electrons. The predicted molar refractivity (Wildman–Crippen MR) is 77.2 cm³/mol. The van der Waals surface area contributed by atoms with Crippen molar-refractivity contribution in [3.63, 3.8) is 0 Å². The van der Waals surface area contributed by atoms with E-state index in [4.69, 9.17) is 16.3 Å². The second kappa shape index (κ2) is 6.33. The number of hydrogen-bond acceptors (Lipinski definition) is 4. The molecule has 110 valence electrons. The van der Waals surface area contributed by atoms with Gasteiger partial charge in [-0.2, -0.15) is 0 Å². The van der Waals surface area contributed by atoms with Crippen molar-refractivity contribution < 1.29 is 14.6 Å². The second-order valence-electron chi connectivity index (χ2n) is 4.91. The fourth-order valence-corrected chi connectivity index (χ4v) is 2.59. The summed E-state index contributed by atoms with van der Waals surface area (Å²) in [6, 6.07) is 3.54. The van der Waals surface area contributed by atoms with Crippen molar-refractivity contribution in [3.8, 4) is 11.5 Å². The van der Waals surface area contributed by atoms with Gasteiger partial charge in [-0.1, -0.05) is 11.6 Å². The number of hydrogen-bond donors (Lipinski definition) is 1. The van der Waals surface area contributed by atoms with Crippen molar-refractivity contribution in [2.24, 2.45) is 0 Å². The molecule has 1 fully saturated rings. The maximum absolute atomic E-state index is 11.3. The highest BCUT2D eigenvalue weighted by atomic mass is 35.5. The van der Waals surface area contributed by atoms with E-state index in [9.17, 15) is 9.90 Å². The summed E-state index contributed by atoms with van der Waals surface area (Å²) < 4.78 is 5.10. The molecule has 0 aliphatic carbocycles. The molecule has 20 heavy (non-hydrogen) atoms. The van der Waals surface area contributed by atoms with E-state index in [1.54, 1.807) is 19.1 Å². The average Bonchev–Trinajstić information content (AvgIpc) is 2.43. The van der Waals surface area contributed by atoms with Crippen molar-refractivity contribution in [1.82, 2.24) is 9.80 Å². The van der Waals surface area contributed by atoms with E-state index in [1.165, 1.54) is 7.11 Å². The van der Waals surface area contributed by atoms with Crippen LogP contribution in [-0.2, 0) is 11.3 Å². The number of phenolic OH excluding ortho intramolecular Hbond substituents is 1. The van der Waals surface area contributed by atoms with Gasteiger partial charge in [0.15, 0.2) is 11.5 Å². The summed E-state index contributed by atoms with van der Waals surface area (Å²) in [6.45, 7) is 5.49. The molecule has 0 unspecified atom stereocenters. The molecule has 1 aliphatic rings. The van der Waals surface area contributed by atoms with Gasteiger partial charge in [0.25, 0.3) is 0 Å². The Morgan fingerprint density at radius 2 is 2.00 bits per heavy atom. The van der Waals surface area contributed by atoms with Crippen molar-refractivity contribution >= 4 is 17.5 Å². The molecule has 1 aromatic rings. The van der Waals surface area contributed by atoms with Crippen LogP contribution in [0.5, 0.6) is 11.5 Å². The second-order valence-corrected chi connectivity index (χ2v) is 5.32. The number of nitrogens with zero attached hydrogens (tertiary/aromatic N) is 2. The van der Waals surface area contributed by atoms with Crippen molar-refractivity contribution in [1.29, 1.82) is 0 Å². The Labute approximate surface area is 123 Å². The first kappa shape index (κ1) is 14.9. The van der Waals surface area contributed by atoms with Gasteiger partial charge in [-0.05, 0) is 17.7 Å². The van der Waals surface area contributed by atoms with Crippen molar-refractivity contribution in [3.05, 3.63) is 22.7 Å². The van der Waals surface area contributed by atoms with E-state index in [0.717, 1.165) is 38.3 Å². The van der Waals surface area contributed by atoms with Crippen LogP contribution in [-0.4, -0.2) is 54.1 Å². The first-order valence-corrected chi connectivity index (χ1v) is 6.92. The van der Waals surface area contributed by atoms with Gasteiger partial charge >= 0.3 is 0 Å². The Morgan fingerprint density at radius 3 is 2.55 bits per heavy atom. The van der Waals surface area contributed by atoms with E-state index < -0.39 is 0 Å². The fraction of sp³-hybridized carbons (Fsp3) is 0.500. The van der Waals surface area contributed by atoms with Crippen LogP contribution in [0.3, 0.4) is 0 Å². The summed E-state index contributed by atoms with van der Waals surface area (Å²) in [5.74, 6) is 0.480. The molecule has 6 heteroatoms. The zero-order valence-electron chi connectivity index (χ0n) is 11.7. The molecule has 1 saturated heterocycles. The predicted octanol–water partition coefficient (Wildman–Crippen LogP) is 1.72. The zero-order valence-corrected chi connectivity index (χ0v) is 12.5. The van der Waals surface area contributed by atoms with Crippen LogP contribution in [0.2, 0.25) is 5.02 Å². The van der Waals surface area contributed by atoms with Crippen LogP contribution in [0.15, 0.2) is 12.1 Å². The summed E-state index contributed by atoms with van der Waals surface area (Å²) in [7, 11) is 1.50. The van der Waals surface area contributed by atoms with Gasteiger partial charge in [-0.15, -0.1) is 0 Å². The first-order chi connectivity index (χ1) is 9.51. The Morgan fingerprint density at radius 1 is 1.35 bits per heavy atom. The smallest absolute Gasteiger partial charge is 0.219 e. The lowest BCUT2D eigenvalue weighted by molar-refractivity contribution is -0.130. The number of halogens is 1. The van der Waals surface area contributed by atoms with Gasteiger partial charge in [-0.25, -0.2) is 0 Å². The number of amides is 1. The number of phenols is 1. The van der Waals surface area contributed by atoms with Crippen LogP contribution in [0, 0.1) is 0 Å². The summed E-state index contributed by atoms with van der Waals surface area (Å²) in [6.07, 6.45) is 0. The average molecular weight is 299 g/mol. The maximum Gasteiger partial charge on any atom is 0.219 e. The summed E-state index contributed by atoms with van der Waals surface area (Å²) in [4.78, 5) is 15.4. The maximum atomic E-state index is 11.3. The molecule has 0 spiro atoms. The highest BCUT2D eigenvalue weighted by molar-refractivity contribution is 6.32. The lowest BCUT2D eigenvalue weighted by atomic mass is 10.1. The van der Waals surface area contributed by atoms with Gasteiger partial charge < -0.3 is 14.7 Å². The highest BCUT2D eigenvalue weighted by Crippen LogP contribution is 2.35. The minimum Gasteiger partial charge on any atom is -0.503 e. The molecule has 0 saturated carbocycles. The number of methoxy groups -OCH3 is 1. The number of rotatable bonds is 3. The van der Waals surface area contributed by atoms with Crippen LogP contribution < -0.4 is 4.74 Å². The molecular formula is C14H19ClN2O3. The SMILES string of the molecule is COc1cc(CN2CCN(C(C)=O)CC2)cc(Cl)c1O. The van der Waals surface area contributed by atoms with Gasteiger partial charge in [0.2, 0.25) is 5.91 Å². The third-order valence-electron chi connectivity index (χ3n) is 3.53. The number of carbonyl (C=O) groups is 1. The number of aromatic hydroxyl groups is 1. The van der Waals surface area contributed by atoms with Crippen molar-refractivity contribution in [2.75, 3.05) is 33.3 Å². The minimum atomic E-state index is -0.0284. The molecule has 5 nitrogen and oxygen atoms in total. The monoisotopic (exact) mass is 298 g/mol. The first-order valence-electron chi connectivity index (χ1n) is 6.54. The Bertz CT molecular complexity index is 499. The van der Waals surface area contributed by atoms with E-state index in [1.807, 2.05) is 4.90 Å². The molecule has 1 heterocycles. The van der Waals surface area contributed by atoms with E-state index >= 15 is 0 Å². The van der Waals surface area contributed by atoms with E-state index in [0.29, 0.717) is 10.8 Å². The topological polar surface area (TPSA) is 53.0 Å². The molecular weight excluding hydrogens is 280 g/mol. The Kier molecular flexibility index (Phi) is 4.73. The number of carbonyl (C=O) groups excluding carboxylic acids is 1. The summed E-state index contributed by atoms with van der Waals surface area (Å²) >= 11 is 5.98. The standard InChI is InChI=1S/C14H19ClN2O3/c1-10(18)17-5-3-16(4-6-17)9-11-7-12(15)14(19)13(8-11)20-2/h7-8,19H,3-6,9H2,1-2H3. The van der Waals surface area contributed by atoms with Crippen LogP contribution >= 0.6 is 11.6 Å². The normalized spacial score (nSPS) is 16.2. The van der Waals surface area contributed by atoms with Crippen LogP contribution in [0.1, 0.15) is 12.5 Å². The number of piperazine rings is 1. The molecule has 1 amide bonds. The Balaban J connectivity index is 2.01. The molecule has 1 aliphatic heterocycles. The Hall–Kier alpha value is -1.46. The van der Waals surface area contributed by atoms with E-state index in [2.05, 4.69) is 4.90 Å². The number of ether oxygens (including phenoxy) is 1. The lowest BCUT2D eigenvalue weighted by Crippen LogP contribution is -2.47. The fourth-order valence-electron chi connectivity index (χ4n) is 2.35. The van der Waals surface area contributed by atoms with Crippen LogP contribution in [0.4, 0.5) is 0 Å². The van der Waals surface area contributed by atoms with Crippen LogP contribution in [0.25, 0.3) is 0 Å².